The van der Waals surface area contributed by atoms with Crippen LogP contribution in [0.4, 0.5) is 13.2 Å². The summed E-state index contributed by atoms with van der Waals surface area (Å²) in [6, 6.07) is 2.54. The van der Waals surface area contributed by atoms with E-state index in [2.05, 4.69) is 15.0 Å². The van der Waals surface area contributed by atoms with Gasteiger partial charge >= 0.3 is 6.36 Å². The molecule has 1 saturated heterocycles. The molecule has 0 bridgehead atoms. The van der Waals surface area contributed by atoms with Gasteiger partial charge < -0.3 is 15.0 Å². The Morgan fingerprint density at radius 1 is 1.31 bits per heavy atom. The minimum absolute atomic E-state index is 0.0514. The first-order chi connectivity index (χ1) is 12.0. The summed E-state index contributed by atoms with van der Waals surface area (Å²) in [6.45, 7) is 0. The van der Waals surface area contributed by atoms with Crippen molar-refractivity contribution >= 4 is 26.6 Å². The molecule has 26 heavy (non-hydrogen) atoms. The molecule has 1 aromatic carbocycles. The van der Waals surface area contributed by atoms with Crippen LogP contribution in [0, 0.1) is 0 Å². The number of hydrogen-bond acceptors (Lipinski definition) is 5. The van der Waals surface area contributed by atoms with Crippen molar-refractivity contribution in [1.29, 1.82) is 0 Å². The number of rotatable bonds is 3. The molecule has 0 aliphatic carbocycles. The molecule has 2 heterocycles. The van der Waals surface area contributed by atoms with Crippen molar-refractivity contribution in [3.8, 4) is 5.75 Å². The van der Waals surface area contributed by atoms with E-state index in [9.17, 15) is 31.2 Å². The standard InChI is InChI=1S/C15H13F3N2O5S/c16-15(17,18)25-9-1-2-12-10(5-9)13(21)11(6-19-12)14(22)20-8-3-4-26(23,24)7-8/h1-2,5-6,8H,3-4,7H2,(H,19,21)(H,20,22). The summed E-state index contributed by atoms with van der Waals surface area (Å²) >= 11 is 0. The number of ether oxygens (including phenoxy) is 1. The lowest BCUT2D eigenvalue weighted by molar-refractivity contribution is -0.274. The minimum atomic E-state index is -4.91. The Balaban J connectivity index is 1.90. The topological polar surface area (TPSA) is 105 Å². The Kier molecular flexibility index (Phi) is 4.42. The van der Waals surface area contributed by atoms with Gasteiger partial charge in [-0.3, -0.25) is 9.59 Å². The van der Waals surface area contributed by atoms with Gasteiger partial charge in [0.25, 0.3) is 5.91 Å². The minimum Gasteiger partial charge on any atom is -0.406 e. The highest BCUT2D eigenvalue weighted by molar-refractivity contribution is 7.91. The number of alkyl halides is 3. The zero-order valence-electron chi connectivity index (χ0n) is 13.1. The average molecular weight is 390 g/mol. The van der Waals surface area contributed by atoms with E-state index in [1.54, 1.807) is 0 Å². The SMILES string of the molecule is O=C(NC1CCS(=O)(=O)C1)c1c[nH]c2ccc(OC(F)(F)F)cc2c1=O. The maximum atomic E-state index is 12.5. The highest BCUT2D eigenvalue weighted by atomic mass is 32.2. The second kappa shape index (κ2) is 6.31. The monoisotopic (exact) mass is 390 g/mol. The first-order valence-corrected chi connectivity index (χ1v) is 9.29. The summed E-state index contributed by atoms with van der Waals surface area (Å²) in [4.78, 5) is 27.4. The van der Waals surface area contributed by atoms with Gasteiger partial charge in [-0.15, -0.1) is 13.2 Å². The molecule has 1 fully saturated rings. The lowest BCUT2D eigenvalue weighted by Crippen LogP contribution is -2.38. The number of sulfone groups is 1. The van der Waals surface area contributed by atoms with Crippen molar-refractivity contribution in [2.45, 2.75) is 18.8 Å². The molecule has 140 valence electrons. The molecular weight excluding hydrogens is 377 g/mol. The Morgan fingerprint density at radius 2 is 2.04 bits per heavy atom. The Labute approximate surface area is 145 Å². The normalized spacial score (nSPS) is 19.4. The second-order valence-electron chi connectivity index (χ2n) is 5.86. The van der Waals surface area contributed by atoms with Crippen LogP contribution >= 0.6 is 0 Å². The molecule has 0 spiro atoms. The fourth-order valence-electron chi connectivity index (χ4n) is 2.74. The number of halogens is 3. The molecule has 1 amide bonds. The number of benzene rings is 1. The number of amides is 1. The molecule has 11 heteroatoms. The average Bonchev–Trinajstić information content (AvgIpc) is 2.85. The number of H-pyrrole nitrogens is 1. The molecule has 2 aromatic rings. The lowest BCUT2D eigenvalue weighted by atomic mass is 10.1. The van der Waals surface area contributed by atoms with Crippen molar-refractivity contribution in [3.63, 3.8) is 0 Å². The number of aromatic nitrogens is 1. The molecule has 1 aliphatic heterocycles. The van der Waals surface area contributed by atoms with E-state index < -0.39 is 39.3 Å². The number of fused-ring (bicyclic) bond motifs is 1. The van der Waals surface area contributed by atoms with Gasteiger partial charge in [0.1, 0.15) is 11.3 Å². The van der Waals surface area contributed by atoms with Crippen molar-refractivity contribution in [1.82, 2.24) is 10.3 Å². The third kappa shape index (κ3) is 3.98. The fraction of sp³-hybridized carbons (Fsp3) is 0.333. The molecule has 1 aliphatic rings. The van der Waals surface area contributed by atoms with Gasteiger partial charge in [-0.2, -0.15) is 0 Å². The third-order valence-electron chi connectivity index (χ3n) is 3.90. The molecule has 0 radical (unpaired) electrons. The number of carbonyl (C=O) groups is 1. The van der Waals surface area contributed by atoms with Crippen LogP contribution < -0.4 is 15.5 Å². The van der Waals surface area contributed by atoms with Crippen LogP contribution in [-0.4, -0.2) is 43.2 Å². The summed E-state index contributed by atoms with van der Waals surface area (Å²) < 4.78 is 63.6. The van der Waals surface area contributed by atoms with Crippen LogP contribution in [0.25, 0.3) is 10.9 Å². The maximum absolute atomic E-state index is 12.5. The summed E-state index contributed by atoms with van der Waals surface area (Å²) in [5, 5.41) is 2.31. The molecule has 7 nitrogen and oxygen atoms in total. The van der Waals surface area contributed by atoms with E-state index in [1.807, 2.05) is 0 Å². The highest BCUT2D eigenvalue weighted by Gasteiger charge is 2.32. The van der Waals surface area contributed by atoms with Gasteiger partial charge in [0.15, 0.2) is 9.84 Å². The van der Waals surface area contributed by atoms with Crippen LogP contribution in [0.2, 0.25) is 0 Å². The second-order valence-corrected chi connectivity index (χ2v) is 8.09. The predicted octanol–water partition coefficient (Wildman–Crippen LogP) is 1.34. The van der Waals surface area contributed by atoms with Crippen molar-refractivity contribution in [2.24, 2.45) is 0 Å². The number of carbonyl (C=O) groups excluding carboxylic acids is 1. The molecule has 0 saturated carbocycles. The van der Waals surface area contributed by atoms with Crippen molar-refractivity contribution in [2.75, 3.05) is 11.5 Å². The van der Waals surface area contributed by atoms with Gasteiger partial charge in [0.2, 0.25) is 5.43 Å². The maximum Gasteiger partial charge on any atom is 0.573 e. The van der Waals surface area contributed by atoms with Crippen LogP contribution in [0.3, 0.4) is 0 Å². The number of pyridine rings is 1. The van der Waals surface area contributed by atoms with Gasteiger partial charge in [0.05, 0.1) is 11.5 Å². The molecule has 1 aromatic heterocycles. The molecular formula is C15H13F3N2O5S. The molecule has 1 atom stereocenters. The van der Waals surface area contributed by atoms with E-state index in [-0.39, 0.29) is 34.4 Å². The van der Waals surface area contributed by atoms with Crippen LogP contribution in [0.5, 0.6) is 5.75 Å². The number of hydrogen-bond donors (Lipinski definition) is 2. The summed E-state index contributed by atoms with van der Waals surface area (Å²) in [6.07, 6.45) is -3.54. The molecule has 2 N–H and O–H groups in total. The third-order valence-corrected chi connectivity index (χ3v) is 5.67. The zero-order valence-corrected chi connectivity index (χ0v) is 13.9. The fourth-order valence-corrected chi connectivity index (χ4v) is 4.41. The van der Waals surface area contributed by atoms with Crippen LogP contribution in [0.1, 0.15) is 16.8 Å². The molecule has 3 rings (SSSR count). The summed E-state index contributed by atoms with van der Waals surface area (Å²) in [7, 11) is -3.21. The van der Waals surface area contributed by atoms with E-state index in [0.29, 0.717) is 0 Å². The van der Waals surface area contributed by atoms with E-state index in [1.165, 1.54) is 6.07 Å². The van der Waals surface area contributed by atoms with Crippen LogP contribution in [-0.2, 0) is 9.84 Å². The predicted molar refractivity (Wildman–Crippen MR) is 85.8 cm³/mol. The van der Waals surface area contributed by atoms with Crippen molar-refractivity contribution < 1.29 is 31.1 Å². The summed E-state index contributed by atoms with van der Waals surface area (Å²) in [5.41, 5.74) is -0.889. The highest BCUT2D eigenvalue weighted by Crippen LogP contribution is 2.24. The lowest BCUT2D eigenvalue weighted by Gasteiger charge is -2.12. The van der Waals surface area contributed by atoms with Gasteiger partial charge in [-0.1, -0.05) is 0 Å². The van der Waals surface area contributed by atoms with Crippen LogP contribution in [0.15, 0.2) is 29.2 Å². The Hall–Kier alpha value is -2.56. The van der Waals surface area contributed by atoms with Gasteiger partial charge in [-0.25, -0.2) is 8.42 Å². The first kappa shape index (κ1) is 18.2. The largest absolute Gasteiger partial charge is 0.573 e. The quantitative estimate of drug-likeness (QED) is 0.823. The van der Waals surface area contributed by atoms with E-state index in [4.69, 9.17) is 0 Å². The van der Waals surface area contributed by atoms with Crippen molar-refractivity contribution in [3.05, 3.63) is 40.2 Å². The number of aromatic amines is 1. The number of nitrogens with one attached hydrogen (secondary N) is 2. The van der Waals surface area contributed by atoms with Gasteiger partial charge in [0, 0.05) is 23.1 Å². The zero-order chi connectivity index (χ0) is 19.1. The smallest absolute Gasteiger partial charge is 0.406 e. The molecule has 1 unspecified atom stereocenters. The Morgan fingerprint density at radius 3 is 2.65 bits per heavy atom. The Bertz CT molecular complexity index is 1030. The van der Waals surface area contributed by atoms with E-state index in [0.717, 1.165) is 18.3 Å². The van der Waals surface area contributed by atoms with Gasteiger partial charge in [-0.05, 0) is 24.6 Å². The first-order valence-electron chi connectivity index (χ1n) is 7.46. The summed E-state index contributed by atoms with van der Waals surface area (Å²) in [5.74, 6) is -1.65. The van der Waals surface area contributed by atoms with E-state index >= 15 is 0 Å².